The Kier molecular flexibility index (Phi) is 5.07. The number of aliphatic hydroxyl groups is 1. The summed E-state index contributed by atoms with van der Waals surface area (Å²) in [5, 5.41) is 11.9. The van der Waals surface area contributed by atoms with Crippen LogP contribution in [-0.4, -0.2) is 37.4 Å². The van der Waals surface area contributed by atoms with Gasteiger partial charge in [-0.15, -0.1) is 0 Å². The molecule has 0 saturated heterocycles. The van der Waals surface area contributed by atoms with E-state index in [0.717, 1.165) is 25.0 Å². The molecule has 21 heavy (non-hydrogen) atoms. The molecule has 1 aliphatic carbocycles. The molecule has 2 rings (SSSR count). The number of carbonyl (C=O) groups excluding carboxylic acids is 1. The van der Waals surface area contributed by atoms with Crippen molar-refractivity contribution in [1.82, 2.24) is 5.32 Å². The van der Waals surface area contributed by atoms with Crippen LogP contribution in [0.5, 0.6) is 11.5 Å². The van der Waals surface area contributed by atoms with Crippen molar-refractivity contribution >= 4 is 5.91 Å². The molecule has 5 heteroatoms. The normalized spacial score (nSPS) is 16.9. The third-order valence-corrected chi connectivity index (χ3v) is 3.98. The zero-order valence-electron chi connectivity index (χ0n) is 12.6. The van der Waals surface area contributed by atoms with E-state index in [1.165, 1.54) is 0 Å². The second-order valence-electron chi connectivity index (χ2n) is 5.63. The van der Waals surface area contributed by atoms with Crippen molar-refractivity contribution in [2.24, 2.45) is 5.41 Å². The molecule has 1 fully saturated rings. The van der Waals surface area contributed by atoms with Crippen molar-refractivity contribution in [2.45, 2.75) is 32.3 Å². The predicted octanol–water partition coefficient (Wildman–Crippen LogP) is 1.74. The first kappa shape index (κ1) is 15.6. The zero-order valence-corrected chi connectivity index (χ0v) is 12.6. The van der Waals surface area contributed by atoms with Crippen LogP contribution in [0.2, 0.25) is 0 Å². The fraction of sp³-hybridized carbons (Fsp3) is 0.562. The summed E-state index contributed by atoms with van der Waals surface area (Å²) in [5.74, 6) is 1.25. The molecule has 1 unspecified atom stereocenters. The van der Waals surface area contributed by atoms with Crippen molar-refractivity contribution in [3.05, 3.63) is 24.3 Å². The number of benzene rings is 1. The van der Waals surface area contributed by atoms with Gasteiger partial charge in [0.05, 0.1) is 7.11 Å². The highest BCUT2D eigenvalue weighted by Crippen LogP contribution is 2.47. The lowest BCUT2D eigenvalue weighted by Gasteiger charge is -2.18. The van der Waals surface area contributed by atoms with Crippen LogP contribution in [0, 0.1) is 5.41 Å². The van der Waals surface area contributed by atoms with Crippen LogP contribution in [0.3, 0.4) is 0 Å². The number of aliphatic hydroxyl groups excluding tert-OH is 1. The number of amides is 1. The fourth-order valence-electron chi connectivity index (χ4n) is 2.26. The Hall–Kier alpha value is -1.75. The van der Waals surface area contributed by atoms with Gasteiger partial charge in [-0.2, -0.15) is 0 Å². The van der Waals surface area contributed by atoms with E-state index in [1.807, 2.05) is 0 Å². The maximum absolute atomic E-state index is 12.0. The topological polar surface area (TPSA) is 67.8 Å². The van der Waals surface area contributed by atoms with Gasteiger partial charge in [0.1, 0.15) is 11.5 Å². The molecule has 0 heterocycles. The van der Waals surface area contributed by atoms with Gasteiger partial charge in [0.15, 0.2) is 6.10 Å². The Labute approximate surface area is 125 Å². The van der Waals surface area contributed by atoms with Gasteiger partial charge in [0.25, 0.3) is 5.91 Å². The molecule has 1 saturated carbocycles. The predicted molar refractivity (Wildman–Crippen MR) is 79.5 cm³/mol. The number of ether oxygens (including phenoxy) is 2. The van der Waals surface area contributed by atoms with Crippen molar-refractivity contribution in [3.8, 4) is 11.5 Å². The van der Waals surface area contributed by atoms with E-state index in [1.54, 1.807) is 38.3 Å². The Morgan fingerprint density at radius 2 is 1.95 bits per heavy atom. The summed E-state index contributed by atoms with van der Waals surface area (Å²) in [6, 6.07) is 7.13. The van der Waals surface area contributed by atoms with Crippen LogP contribution in [0.4, 0.5) is 0 Å². The summed E-state index contributed by atoms with van der Waals surface area (Å²) in [5.41, 5.74) is 0.115. The Morgan fingerprint density at radius 3 is 2.48 bits per heavy atom. The third kappa shape index (κ3) is 4.36. The molecular formula is C16H23NO4. The van der Waals surface area contributed by atoms with Gasteiger partial charge >= 0.3 is 0 Å². The van der Waals surface area contributed by atoms with E-state index >= 15 is 0 Å². The van der Waals surface area contributed by atoms with Crippen LogP contribution >= 0.6 is 0 Å². The highest BCUT2D eigenvalue weighted by molar-refractivity contribution is 5.80. The van der Waals surface area contributed by atoms with Gasteiger partial charge in [-0.25, -0.2) is 0 Å². The van der Waals surface area contributed by atoms with Crippen LogP contribution < -0.4 is 14.8 Å². The first-order chi connectivity index (χ1) is 10.1. The SMILES string of the molecule is COc1ccc(OC(C)C(=O)NCC2(CCO)CC2)cc1. The first-order valence-corrected chi connectivity index (χ1v) is 7.28. The lowest BCUT2D eigenvalue weighted by molar-refractivity contribution is -0.127. The molecule has 0 bridgehead atoms. The Morgan fingerprint density at radius 1 is 1.33 bits per heavy atom. The molecule has 1 aromatic rings. The van der Waals surface area contributed by atoms with Crippen molar-refractivity contribution in [2.75, 3.05) is 20.3 Å². The maximum atomic E-state index is 12.0. The molecule has 0 radical (unpaired) electrons. The highest BCUT2D eigenvalue weighted by Gasteiger charge is 2.42. The number of carbonyl (C=O) groups is 1. The van der Waals surface area contributed by atoms with E-state index < -0.39 is 6.10 Å². The average Bonchev–Trinajstić information content (AvgIpc) is 3.26. The van der Waals surface area contributed by atoms with Gasteiger partial charge in [-0.05, 0) is 55.9 Å². The second-order valence-corrected chi connectivity index (χ2v) is 5.63. The van der Waals surface area contributed by atoms with Crippen molar-refractivity contribution in [3.63, 3.8) is 0 Å². The van der Waals surface area contributed by atoms with Crippen LogP contribution in [-0.2, 0) is 4.79 Å². The summed E-state index contributed by atoms with van der Waals surface area (Å²) in [6.45, 7) is 2.52. The van der Waals surface area contributed by atoms with E-state index in [9.17, 15) is 4.79 Å². The lowest BCUT2D eigenvalue weighted by Crippen LogP contribution is -2.39. The zero-order chi connectivity index (χ0) is 15.3. The van der Waals surface area contributed by atoms with E-state index in [0.29, 0.717) is 12.3 Å². The number of rotatable bonds is 8. The molecular weight excluding hydrogens is 270 g/mol. The smallest absolute Gasteiger partial charge is 0.260 e. The summed E-state index contributed by atoms with van der Waals surface area (Å²) >= 11 is 0. The van der Waals surface area contributed by atoms with Gasteiger partial charge in [-0.1, -0.05) is 0 Å². The highest BCUT2D eigenvalue weighted by atomic mass is 16.5. The second kappa shape index (κ2) is 6.80. The molecule has 1 aromatic carbocycles. The van der Waals surface area contributed by atoms with Gasteiger partial charge < -0.3 is 19.9 Å². The van der Waals surface area contributed by atoms with Crippen molar-refractivity contribution in [1.29, 1.82) is 0 Å². The average molecular weight is 293 g/mol. The van der Waals surface area contributed by atoms with Gasteiger partial charge in [0.2, 0.25) is 0 Å². The molecule has 1 atom stereocenters. The minimum Gasteiger partial charge on any atom is -0.497 e. The molecule has 116 valence electrons. The summed E-state index contributed by atoms with van der Waals surface area (Å²) in [7, 11) is 1.60. The minimum atomic E-state index is -0.552. The maximum Gasteiger partial charge on any atom is 0.260 e. The number of methoxy groups -OCH3 is 1. The quantitative estimate of drug-likeness (QED) is 0.766. The summed E-state index contributed by atoms with van der Waals surface area (Å²) in [6.07, 6.45) is 2.34. The molecule has 2 N–H and O–H groups in total. The number of hydrogen-bond acceptors (Lipinski definition) is 4. The molecule has 5 nitrogen and oxygen atoms in total. The van der Waals surface area contributed by atoms with Gasteiger partial charge in [-0.3, -0.25) is 4.79 Å². The summed E-state index contributed by atoms with van der Waals surface area (Å²) < 4.78 is 10.7. The Balaban J connectivity index is 1.79. The molecule has 0 aliphatic heterocycles. The van der Waals surface area contributed by atoms with Crippen LogP contribution in [0.15, 0.2) is 24.3 Å². The van der Waals surface area contributed by atoms with E-state index in [2.05, 4.69) is 5.32 Å². The monoisotopic (exact) mass is 293 g/mol. The molecule has 0 spiro atoms. The first-order valence-electron chi connectivity index (χ1n) is 7.28. The molecule has 1 amide bonds. The van der Waals surface area contributed by atoms with Crippen molar-refractivity contribution < 1.29 is 19.4 Å². The number of nitrogens with one attached hydrogen (secondary N) is 1. The molecule has 1 aliphatic rings. The minimum absolute atomic E-state index is 0.115. The molecule has 0 aromatic heterocycles. The van der Waals surface area contributed by atoms with Crippen LogP contribution in [0.25, 0.3) is 0 Å². The third-order valence-electron chi connectivity index (χ3n) is 3.98. The largest absolute Gasteiger partial charge is 0.497 e. The van der Waals surface area contributed by atoms with Gasteiger partial charge in [0, 0.05) is 13.2 Å². The van der Waals surface area contributed by atoms with Crippen LogP contribution in [0.1, 0.15) is 26.2 Å². The van der Waals surface area contributed by atoms with E-state index in [4.69, 9.17) is 14.6 Å². The summed E-state index contributed by atoms with van der Waals surface area (Å²) in [4.78, 5) is 12.0. The number of hydrogen-bond donors (Lipinski definition) is 2. The Bertz CT molecular complexity index is 468. The fourth-order valence-corrected chi connectivity index (χ4v) is 2.26. The standard InChI is InChI=1S/C16H23NO4/c1-12(21-14-5-3-13(20-2)4-6-14)15(19)17-11-16(7-8-16)9-10-18/h3-6,12,18H,7-11H2,1-2H3,(H,17,19). The lowest BCUT2D eigenvalue weighted by atomic mass is 10.0. The van der Waals surface area contributed by atoms with E-state index in [-0.39, 0.29) is 17.9 Å².